The molecule has 0 fully saturated rings. The van der Waals surface area contributed by atoms with Crippen molar-refractivity contribution in [2.45, 2.75) is 11.5 Å². The van der Waals surface area contributed by atoms with Crippen molar-refractivity contribution in [3.05, 3.63) is 35.9 Å². The summed E-state index contributed by atoms with van der Waals surface area (Å²) in [6.45, 7) is 0. The Hall–Kier alpha value is -1.16. The second-order valence-electron chi connectivity index (χ2n) is 4.62. The van der Waals surface area contributed by atoms with Crippen LogP contribution in [0.25, 0.3) is 0 Å². The molecular weight excluding hydrogens is 307 g/mol. The van der Waals surface area contributed by atoms with Gasteiger partial charge in [-0.1, -0.05) is 0 Å². The van der Waals surface area contributed by atoms with Crippen LogP contribution in [0, 0.1) is 5.92 Å². The molecule has 0 unspecified atom stereocenters. The van der Waals surface area contributed by atoms with E-state index in [4.69, 9.17) is 9.73 Å². The van der Waals surface area contributed by atoms with E-state index >= 15 is 0 Å². The molecule has 1 aromatic rings. The Kier molecular flexibility index (Phi) is 4.75. The van der Waals surface area contributed by atoms with Gasteiger partial charge in [0.1, 0.15) is 0 Å². The first-order valence-electron chi connectivity index (χ1n) is 6.13. The summed E-state index contributed by atoms with van der Waals surface area (Å²) in [5.41, 5.74) is 1.16. The van der Waals surface area contributed by atoms with Crippen LogP contribution in [0.4, 0.5) is 0 Å². The number of rotatable bonds is 3. The molecule has 1 heterocycles. The Morgan fingerprint density at radius 2 is 2.05 bits per heavy atom. The van der Waals surface area contributed by atoms with Gasteiger partial charge in [0.2, 0.25) is 0 Å². The molecule has 2 atom stereocenters. The summed E-state index contributed by atoms with van der Waals surface area (Å²) in [6.07, 6.45) is -0.127. The average Bonchev–Trinajstić information content (AvgIpc) is 2.46. The van der Waals surface area contributed by atoms with Crippen LogP contribution < -0.4 is 0 Å². The Bertz CT molecular complexity index is 474. The van der Waals surface area contributed by atoms with Crippen LogP contribution in [-0.4, -0.2) is 57.8 Å². The number of benzene rings is 1. The van der Waals surface area contributed by atoms with Crippen molar-refractivity contribution in [3.8, 4) is 0 Å². The van der Waals surface area contributed by atoms with Gasteiger partial charge in [-0.25, -0.2) is 0 Å². The molecule has 0 amide bonds. The van der Waals surface area contributed by atoms with E-state index in [2.05, 4.69) is 12.1 Å². The van der Waals surface area contributed by atoms with Gasteiger partial charge in [0.15, 0.2) is 0 Å². The summed E-state index contributed by atoms with van der Waals surface area (Å²) in [5.74, 6) is -0.302. The molecular formula is C14H18N2O2Se. The number of ether oxygens (including phenoxy) is 1. The molecule has 0 saturated heterocycles. The molecule has 0 N–H and O–H groups in total. The minimum absolute atomic E-state index is 0.127. The molecule has 1 aliphatic heterocycles. The quantitative estimate of drug-likeness (QED) is 0.620. The average molecular weight is 325 g/mol. The van der Waals surface area contributed by atoms with Gasteiger partial charge in [0.25, 0.3) is 0 Å². The summed E-state index contributed by atoms with van der Waals surface area (Å²) in [5, 5.41) is 0.843. The van der Waals surface area contributed by atoms with Crippen molar-refractivity contribution in [2.75, 3.05) is 21.2 Å². The molecule has 0 aromatic heterocycles. The van der Waals surface area contributed by atoms with E-state index in [1.807, 2.05) is 37.2 Å². The number of carbonyl (C=O) groups excluding carboxylic acids is 1. The van der Waals surface area contributed by atoms with Gasteiger partial charge < -0.3 is 0 Å². The van der Waals surface area contributed by atoms with E-state index in [1.165, 1.54) is 7.11 Å². The first-order chi connectivity index (χ1) is 9.13. The maximum atomic E-state index is 11.8. The zero-order valence-electron chi connectivity index (χ0n) is 11.4. The number of carbonyl (C=O) groups is 1. The summed E-state index contributed by atoms with van der Waals surface area (Å²) >= 11 is 0.215. The van der Waals surface area contributed by atoms with Crippen molar-refractivity contribution in [1.82, 2.24) is 4.90 Å². The standard InChI is InChI=1S/C14H18N2O2Se/c1-16(2)12-11(14(17)18-3)9-19-13(15-12)10-7-5-4-6-8-10/h4-8,11-12H,9H2,1-3H3/t11-,12+/m1/s1. The van der Waals surface area contributed by atoms with Gasteiger partial charge in [-0.15, -0.1) is 0 Å². The zero-order valence-corrected chi connectivity index (χ0v) is 13.1. The van der Waals surface area contributed by atoms with Crippen LogP contribution >= 0.6 is 0 Å². The molecule has 0 radical (unpaired) electrons. The molecule has 102 valence electrons. The van der Waals surface area contributed by atoms with Crippen molar-refractivity contribution in [1.29, 1.82) is 0 Å². The minimum atomic E-state index is -0.156. The monoisotopic (exact) mass is 326 g/mol. The fraction of sp³-hybridized carbons (Fsp3) is 0.429. The van der Waals surface area contributed by atoms with Crippen molar-refractivity contribution >= 4 is 25.5 Å². The number of hydrogen-bond acceptors (Lipinski definition) is 4. The molecule has 0 saturated carbocycles. The molecule has 4 nitrogen and oxygen atoms in total. The predicted octanol–water partition coefficient (Wildman–Crippen LogP) is 1.25. The van der Waals surface area contributed by atoms with E-state index in [1.54, 1.807) is 0 Å². The first kappa shape index (κ1) is 14.3. The molecule has 1 aromatic carbocycles. The van der Waals surface area contributed by atoms with Crippen LogP contribution in [0.15, 0.2) is 35.3 Å². The fourth-order valence-electron chi connectivity index (χ4n) is 2.06. The summed E-state index contributed by atoms with van der Waals surface area (Å²) in [7, 11) is 5.34. The summed E-state index contributed by atoms with van der Waals surface area (Å²) in [4.78, 5) is 18.6. The third-order valence-corrected chi connectivity index (χ3v) is 5.46. The normalized spacial score (nSPS) is 23.1. The predicted molar refractivity (Wildman–Crippen MR) is 76.5 cm³/mol. The van der Waals surface area contributed by atoms with Gasteiger partial charge in [-0.05, 0) is 0 Å². The first-order valence-corrected chi connectivity index (χ1v) is 8.20. The number of nitrogens with zero attached hydrogens (tertiary/aromatic N) is 2. The molecule has 19 heavy (non-hydrogen) atoms. The molecule has 0 bridgehead atoms. The fourth-order valence-corrected chi connectivity index (χ4v) is 4.43. The van der Waals surface area contributed by atoms with Crippen LogP contribution in [0.2, 0.25) is 5.32 Å². The molecule has 1 aliphatic rings. The van der Waals surface area contributed by atoms with E-state index < -0.39 is 0 Å². The Labute approximate surface area is 120 Å². The zero-order chi connectivity index (χ0) is 13.8. The summed E-state index contributed by atoms with van der Waals surface area (Å²) < 4.78 is 6.02. The number of methoxy groups -OCH3 is 1. The van der Waals surface area contributed by atoms with E-state index in [-0.39, 0.29) is 33.0 Å². The van der Waals surface area contributed by atoms with Crippen LogP contribution in [0.5, 0.6) is 0 Å². The third-order valence-electron chi connectivity index (χ3n) is 3.06. The maximum absolute atomic E-state index is 11.8. The van der Waals surface area contributed by atoms with Gasteiger partial charge in [-0.3, -0.25) is 0 Å². The Balaban J connectivity index is 2.28. The Morgan fingerprint density at radius 1 is 1.37 bits per heavy atom. The van der Waals surface area contributed by atoms with Gasteiger partial charge in [0.05, 0.1) is 0 Å². The second kappa shape index (κ2) is 6.33. The van der Waals surface area contributed by atoms with Gasteiger partial charge >= 0.3 is 119 Å². The van der Waals surface area contributed by atoms with Crippen molar-refractivity contribution in [2.24, 2.45) is 10.9 Å². The molecule has 0 aliphatic carbocycles. The number of esters is 1. The third kappa shape index (κ3) is 3.24. The van der Waals surface area contributed by atoms with E-state index in [0.29, 0.717) is 0 Å². The molecule has 0 spiro atoms. The van der Waals surface area contributed by atoms with Gasteiger partial charge in [-0.2, -0.15) is 0 Å². The second-order valence-corrected chi connectivity index (χ2v) is 6.73. The van der Waals surface area contributed by atoms with Crippen LogP contribution in [0.1, 0.15) is 5.56 Å². The number of hydrogen-bond donors (Lipinski definition) is 0. The van der Waals surface area contributed by atoms with Crippen molar-refractivity contribution in [3.63, 3.8) is 0 Å². The Morgan fingerprint density at radius 3 is 2.63 bits per heavy atom. The van der Waals surface area contributed by atoms with Crippen molar-refractivity contribution < 1.29 is 9.53 Å². The van der Waals surface area contributed by atoms with E-state index in [9.17, 15) is 4.79 Å². The van der Waals surface area contributed by atoms with E-state index in [0.717, 1.165) is 15.5 Å². The van der Waals surface area contributed by atoms with Gasteiger partial charge in [0, 0.05) is 0 Å². The molecule has 2 rings (SSSR count). The topological polar surface area (TPSA) is 41.9 Å². The van der Waals surface area contributed by atoms with Crippen LogP contribution in [-0.2, 0) is 9.53 Å². The number of aliphatic imine (C=N–C) groups is 1. The van der Waals surface area contributed by atoms with Crippen LogP contribution in [0.3, 0.4) is 0 Å². The SMILES string of the molecule is COC(=O)[C@@H]1C[Se]C(c2ccccc2)=N[C@H]1N(C)C. The summed E-state index contributed by atoms with van der Waals surface area (Å²) in [6, 6.07) is 10.2. The molecule has 5 heteroatoms.